The molecule has 134 heavy (non-hydrogen) atoms. The normalized spacial score (nSPS) is 12.0. The Kier molecular flexibility index (Phi) is 16.8. The predicted octanol–water partition coefficient (Wildman–Crippen LogP) is 33.5. The van der Waals surface area contributed by atoms with Gasteiger partial charge in [-0.2, -0.15) is 0 Å². The standard InChI is InChI=1S/C62H38N4O.C62H36N4S/c1-2-16-40-38-58-52(37-39(40)15-1)48-20-5-11-29-57(48)65(58)44-17-3-9-27-56-47(22-13-18-44)46-19-4-10-28-55(46)66(56)45-34-33-41-35-43(32-31-42(41)36-45)60-61(64-54-26-8-7-25-53(54)63-60)51-24-14-23-50-49-21-6-12-30-59(49)67-62(50)51;1-2-13-39-35-57-51(33-38(39)12-1)46-14-3-8-21-55(46)66(57)45-29-27-40-36-58-52(34-43(40)32-45)47-15-4-9-22-56(47)65(58)44-28-26-37-24-25-41(30-42(37)31-44)60-61(64-54-20-7-6-19-53(54)63-60)50-18-11-17-49-48-16-5-10-23-59(48)67-62(49)50/h1-38H;1-36H. The molecule has 29 rings (SSSR count). The van der Waals surface area contributed by atoms with Gasteiger partial charge in [0.1, 0.15) is 16.9 Å². The molecular formula is C124H74N8OS. The predicted molar refractivity (Wildman–Crippen MR) is 564 cm³/mol. The van der Waals surface area contributed by atoms with E-state index in [-0.39, 0.29) is 0 Å². The Balaban J connectivity index is 0.000000133. The second-order valence-electron chi connectivity index (χ2n) is 35.1. The minimum absolute atomic E-state index is 0.794. The number of para-hydroxylation sites is 10. The van der Waals surface area contributed by atoms with Crippen LogP contribution in [0.4, 0.5) is 0 Å². The molecule has 0 fully saturated rings. The average Bonchev–Trinajstić information content (AvgIpc) is 1.57. The molecule has 0 aliphatic heterocycles. The molecule has 0 saturated heterocycles. The first-order valence-electron chi connectivity index (χ1n) is 45.5. The third-order valence-electron chi connectivity index (χ3n) is 27.5. The first kappa shape index (κ1) is 75.3. The Morgan fingerprint density at radius 3 is 1.07 bits per heavy atom. The van der Waals surface area contributed by atoms with E-state index in [1.807, 2.05) is 59.9 Å². The van der Waals surface area contributed by atoms with Gasteiger partial charge in [-0.15, -0.1) is 11.3 Å². The van der Waals surface area contributed by atoms with Crippen molar-refractivity contribution in [2.75, 3.05) is 0 Å². The molecule has 0 N–H and O–H groups in total. The zero-order valence-electron chi connectivity index (χ0n) is 72.1. The zero-order chi connectivity index (χ0) is 87.7. The van der Waals surface area contributed by atoms with Crippen molar-refractivity contribution < 1.29 is 4.42 Å². The highest BCUT2D eigenvalue weighted by Gasteiger charge is 2.25. The van der Waals surface area contributed by atoms with Gasteiger partial charge in [0, 0.05) is 119 Å². The number of thiophene rings is 1. The van der Waals surface area contributed by atoms with Crippen LogP contribution in [0.2, 0.25) is 0 Å². The SMILES string of the molecule is c1ccc2c(cccc(-n3c4ccccc4c4cc5ccccc5cc43)c1)c1ccccc1n2-c1ccc2cc(-c3nc4ccccc4nc3-c3cccc4c3oc3ccccc34)ccc2c1.c1ccc2cc3c(cc2c1)c1ccccc1n3-c1ccc2cc3c(cc2c1)c1ccccc1n3-c1ccc2ccc(-c3nc4ccccc4nc3-c3cccc4c3sc3ccccc34)cc2c1. The summed E-state index contributed by atoms with van der Waals surface area (Å²) in [5, 5.41) is 26.5. The van der Waals surface area contributed by atoms with Crippen LogP contribution in [-0.4, -0.2) is 38.2 Å². The number of aromatic nitrogens is 8. The van der Waals surface area contributed by atoms with E-state index in [0.717, 1.165) is 139 Å². The summed E-state index contributed by atoms with van der Waals surface area (Å²) in [7, 11) is 0. The summed E-state index contributed by atoms with van der Waals surface area (Å²) in [6.07, 6.45) is 0. The molecular weight excluding hydrogens is 1650 g/mol. The molecule has 0 atom stereocenters. The molecule has 0 spiro atoms. The summed E-state index contributed by atoms with van der Waals surface area (Å²) in [6, 6.07) is 162. The van der Waals surface area contributed by atoms with Gasteiger partial charge in [0.25, 0.3) is 0 Å². The number of nitrogens with zero attached hydrogens (tertiary/aromatic N) is 8. The molecule has 8 heterocycles. The zero-order valence-corrected chi connectivity index (χ0v) is 72.9. The van der Waals surface area contributed by atoms with Gasteiger partial charge in [0.2, 0.25) is 0 Å². The Hall–Kier alpha value is -17.7. The number of benzene rings is 20. The molecule has 21 aromatic carbocycles. The van der Waals surface area contributed by atoms with Gasteiger partial charge in [0.05, 0.1) is 83.3 Å². The third kappa shape index (κ3) is 12.0. The van der Waals surface area contributed by atoms with Crippen LogP contribution >= 0.6 is 11.3 Å². The minimum atomic E-state index is 0.794. The number of fused-ring (bicyclic) bond motifs is 25. The number of rotatable bonds is 8. The van der Waals surface area contributed by atoms with Gasteiger partial charge in [-0.05, 0) is 224 Å². The van der Waals surface area contributed by atoms with Crippen LogP contribution in [0, 0.1) is 0 Å². The van der Waals surface area contributed by atoms with Crippen LogP contribution < -0.4 is 0 Å². The minimum Gasteiger partial charge on any atom is -0.455 e. The first-order chi connectivity index (χ1) is 66.4. The Bertz CT molecular complexity index is 10200. The summed E-state index contributed by atoms with van der Waals surface area (Å²) in [6.45, 7) is 0. The molecule has 622 valence electrons. The van der Waals surface area contributed by atoms with Gasteiger partial charge < -0.3 is 22.7 Å². The van der Waals surface area contributed by atoms with Crippen molar-refractivity contribution in [3.8, 4) is 67.8 Å². The molecule has 0 unspecified atom stereocenters. The second kappa shape index (κ2) is 29.9. The van der Waals surface area contributed by atoms with Crippen LogP contribution in [0.25, 0.3) is 273 Å². The van der Waals surface area contributed by atoms with E-state index in [0.29, 0.717) is 0 Å². The van der Waals surface area contributed by atoms with Crippen molar-refractivity contribution >= 4 is 217 Å². The van der Waals surface area contributed by atoms with Crippen molar-refractivity contribution in [1.82, 2.24) is 38.2 Å². The summed E-state index contributed by atoms with van der Waals surface area (Å²) >= 11 is 1.83. The topological polar surface area (TPSA) is 84.4 Å². The maximum atomic E-state index is 6.53. The maximum Gasteiger partial charge on any atom is 0.144 e. The molecule has 0 radical (unpaired) electrons. The Morgan fingerprint density at radius 2 is 0.515 bits per heavy atom. The van der Waals surface area contributed by atoms with Crippen molar-refractivity contribution in [3.05, 3.63) is 449 Å². The smallest absolute Gasteiger partial charge is 0.144 e. The number of furan rings is 1. The third-order valence-corrected chi connectivity index (χ3v) is 28.7. The van der Waals surface area contributed by atoms with E-state index in [2.05, 4.69) is 419 Å². The van der Waals surface area contributed by atoms with Crippen molar-refractivity contribution in [1.29, 1.82) is 0 Å². The highest BCUT2D eigenvalue weighted by atomic mass is 32.1. The van der Waals surface area contributed by atoms with E-state index in [1.54, 1.807) is 0 Å². The molecule has 0 saturated carbocycles. The van der Waals surface area contributed by atoms with E-state index in [9.17, 15) is 0 Å². The van der Waals surface area contributed by atoms with Crippen LogP contribution in [-0.2, 0) is 0 Å². The molecule has 9 nitrogen and oxygen atoms in total. The highest BCUT2D eigenvalue weighted by molar-refractivity contribution is 7.26. The fourth-order valence-electron chi connectivity index (χ4n) is 21.3. The number of hydrogen-bond acceptors (Lipinski definition) is 6. The molecule has 0 aliphatic rings. The molecule has 0 bridgehead atoms. The van der Waals surface area contributed by atoms with Gasteiger partial charge in [-0.1, -0.05) is 279 Å². The van der Waals surface area contributed by atoms with Crippen molar-refractivity contribution in [2.24, 2.45) is 0 Å². The maximum absolute atomic E-state index is 6.53. The largest absolute Gasteiger partial charge is 0.455 e. The Labute approximate surface area is 770 Å². The Morgan fingerprint density at radius 1 is 0.187 bits per heavy atom. The van der Waals surface area contributed by atoms with E-state index >= 15 is 0 Å². The summed E-state index contributed by atoms with van der Waals surface area (Å²) in [5.41, 5.74) is 26.5. The molecule has 10 heteroatoms. The van der Waals surface area contributed by atoms with E-state index < -0.39 is 0 Å². The fourth-order valence-corrected chi connectivity index (χ4v) is 22.5. The lowest BCUT2D eigenvalue weighted by Crippen LogP contribution is -1.96. The highest BCUT2D eigenvalue weighted by Crippen LogP contribution is 2.47. The first-order valence-corrected chi connectivity index (χ1v) is 46.3. The molecule has 29 aromatic rings. The van der Waals surface area contributed by atoms with E-state index in [1.165, 1.54) is 134 Å². The lowest BCUT2D eigenvalue weighted by molar-refractivity contribution is 0.670. The van der Waals surface area contributed by atoms with Gasteiger partial charge >= 0.3 is 0 Å². The summed E-state index contributed by atoms with van der Waals surface area (Å²) < 4.78 is 18.7. The fraction of sp³-hybridized carbons (Fsp3) is 0. The van der Waals surface area contributed by atoms with Crippen molar-refractivity contribution in [2.45, 2.75) is 0 Å². The van der Waals surface area contributed by atoms with Crippen LogP contribution in [0.5, 0.6) is 0 Å². The monoisotopic (exact) mass is 1720 g/mol. The quantitative estimate of drug-likeness (QED) is 0.151. The summed E-state index contributed by atoms with van der Waals surface area (Å²) in [4.78, 5) is 21.3. The van der Waals surface area contributed by atoms with Crippen LogP contribution in [0.3, 0.4) is 0 Å². The van der Waals surface area contributed by atoms with Crippen LogP contribution in [0.15, 0.2) is 453 Å². The lowest BCUT2D eigenvalue weighted by Gasteiger charge is -2.13. The van der Waals surface area contributed by atoms with Gasteiger partial charge in [-0.25, -0.2) is 19.9 Å². The summed E-state index contributed by atoms with van der Waals surface area (Å²) in [5.74, 6) is 0. The second-order valence-corrected chi connectivity index (χ2v) is 36.1. The lowest BCUT2D eigenvalue weighted by atomic mass is 9.99. The molecule has 8 aromatic heterocycles. The average molecular weight is 1720 g/mol. The van der Waals surface area contributed by atoms with Crippen molar-refractivity contribution in [3.63, 3.8) is 0 Å². The molecule has 0 amide bonds. The molecule has 0 aliphatic carbocycles. The number of hydrogen-bond donors (Lipinski definition) is 0. The van der Waals surface area contributed by atoms with Gasteiger partial charge in [0.15, 0.2) is 0 Å². The van der Waals surface area contributed by atoms with E-state index in [4.69, 9.17) is 24.4 Å². The van der Waals surface area contributed by atoms with Gasteiger partial charge in [-0.3, -0.25) is 0 Å². The van der Waals surface area contributed by atoms with Crippen LogP contribution in [0.1, 0.15) is 0 Å².